The highest BCUT2D eigenvalue weighted by molar-refractivity contribution is 7.89. The van der Waals surface area contributed by atoms with Crippen LogP contribution < -0.4 is 0 Å². The van der Waals surface area contributed by atoms with Gasteiger partial charge >= 0.3 is 0 Å². The number of carbonyl (C=O) groups is 1. The van der Waals surface area contributed by atoms with Crippen LogP contribution in [0, 0.1) is 19.7 Å². The number of hydrogen-bond acceptors (Lipinski definition) is 6. The van der Waals surface area contributed by atoms with Gasteiger partial charge in [0.1, 0.15) is 16.4 Å². The van der Waals surface area contributed by atoms with E-state index in [1.807, 2.05) is 0 Å². The molecule has 164 valence electrons. The molecule has 0 bridgehead atoms. The Hall–Kier alpha value is -2.01. The molecular formula is C19H24ClFN4O4S. The zero-order chi connectivity index (χ0) is 22.1. The van der Waals surface area contributed by atoms with Gasteiger partial charge in [0.05, 0.1) is 6.54 Å². The molecule has 11 heteroatoms. The van der Waals surface area contributed by atoms with Gasteiger partial charge < -0.3 is 9.42 Å². The fraction of sp³-hybridized carbons (Fsp3) is 0.474. The van der Waals surface area contributed by atoms with E-state index in [4.69, 9.17) is 16.1 Å². The highest BCUT2D eigenvalue weighted by Gasteiger charge is 2.34. The highest BCUT2D eigenvalue weighted by Crippen LogP contribution is 2.24. The Morgan fingerprint density at radius 1 is 1.27 bits per heavy atom. The van der Waals surface area contributed by atoms with Crippen molar-refractivity contribution in [3.05, 3.63) is 46.1 Å². The van der Waals surface area contributed by atoms with Gasteiger partial charge in [0, 0.05) is 43.3 Å². The monoisotopic (exact) mass is 458 g/mol. The summed E-state index contributed by atoms with van der Waals surface area (Å²) >= 11 is 6.05. The lowest BCUT2D eigenvalue weighted by Gasteiger charge is -2.34. The third-order valence-corrected chi connectivity index (χ3v) is 7.55. The van der Waals surface area contributed by atoms with Crippen molar-refractivity contribution in [1.29, 1.82) is 0 Å². The van der Waals surface area contributed by atoms with Crippen LogP contribution in [0.3, 0.4) is 0 Å². The standard InChI is InChI=1S/C19H24ClFN4O4S/c1-13-19(14(2)29-22-13)30(27,28)25-9-7-24(8-10-25)18(26)12-23(3)11-15-16(20)5-4-6-17(15)21/h4-6H,7-12H2,1-3H3. The van der Waals surface area contributed by atoms with Crippen molar-refractivity contribution in [1.82, 2.24) is 19.3 Å². The third-order valence-electron chi connectivity index (χ3n) is 5.05. The van der Waals surface area contributed by atoms with E-state index in [0.717, 1.165) is 0 Å². The van der Waals surface area contributed by atoms with Crippen molar-refractivity contribution in [2.45, 2.75) is 25.3 Å². The molecule has 30 heavy (non-hydrogen) atoms. The van der Waals surface area contributed by atoms with Crippen LogP contribution in [-0.2, 0) is 21.4 Å². The Bertz CT molecular complexity index is 995. The molecule has 8 nitrogen and oxygen atoms in total. The minimum Gasteiger partial charge on any atom is -0.360 e. The quantitative estimate of drug-likeness (QED) is 0.658. The zero-order valence-corrected chi connectivity index (χ0v) is 18.6. The number of rotatable bonds is 6. The number of amides is 1. The number of nitrogens with zero attached hydrogens (tertiary/aromatic N) is 4. The topological polar surface area (TPSA) is 87.0 Å². The van der Waals surface area contributed by atoms with E-state index in [0.29, 0.717) is 16.3 Å². The highest BCUT2D eigenvalue weighted by atomic mass is 35.5. The second-order valence-corrected chi connectivity index (χ2v) is 9.59. The average Bonchev–Trinajstić information content (AvgIpc) is 3.04. The number of carbonyl (C=O) groups excluding carboxylic acids is 1. The molecule has 0 N–H and O–H groups in total. The summed E-state index contributed by atoms with van der Waals surface area (Å²) in [5.41, 5.74) is 0.657. The summed E-state index contributed by atoms with van der Waals surface area (Å²) in [6.07, 6.45) is 0. The van der Waals surface area contributed by atoms with E-state index in [9.17, 15) is 17.6 Å². The van der Waals surface area contributed by atoms with Gasteiger partial charge in [-0.05, 0) is 33.0 Å². The first kappa shape index (κ1) is 22.7. The Morgan fingerprint density at radius 2 is 1.93 bits per heavy atom. The SMILES string of the molecule is Cc1noc(C)c1S(=O)(=O)N1CCN(C(=O)CN(C)Cc2c(F)cccc2Cl)CC1. The van der Waals surface area contributed by atoms with Crippen LogP contribution in [0.2, 0.25) is 5.02 Å². The van der Waals surface area contributed by atoms with E-state index in [1.165, 1.54) is 16.4 Å². The average molecular weight is 459 g/mol. The van der Waals surface area contributed by atoms with Gasteiger partial charge in [-0.25, -0.2) is 12.8 Å². The van der Waals surface area contributed by atoms with Crippen molar-refractivity contribution in [3.8, 4) is 0 Å². The molecule has 1 fully saturated rings. The van der Waals surface area contributed by atoms with Gasteiger partial charge in [-0.3, -0.25) is 9.69 Å². The van der Waals surface area contributed by atoms with Gasteiger partial charge in [-0.15, -0.1) is 0 Å². The van der Waals surface area contributed by atoms with Crippen molar-refractivity contribution < 1.29 is 22.1 Å². The van der Waals surface area contributed by atoms with E-state index in [2.05, 4.69) is 5.16 Å². The smallest absolute Gasteiger partial charge is 0.248 e. The molecule has 2 heterocycles. The normalized spacial score (nSPS) is 15.7. The molecule has 1 aliphatic rings. The molecular weight excluding hydrogens is 435 g/mol. The van der Waals surface area contributed by atoms with Gasteiger partial charge in [0.25, 0.3) is 0 Å². The van der Waals surface area contributed by atoms with Crippen LogP contribution in [0.1, 0.15) is 17.0 Å². The second-order valence-electron chi connectivity index (χ2n) is 7.31. The molecule has 0 aliphatic carbocycles. The number of aryl methyl sites for hydroxylation is 2. The minimum atomic E-state index is -3.73. The van der Waals surface area contributed by atoms with Crippen LogP contribution in [0.4, 0.5) is 4.39 Å². The van der Waals surface area contributed by atoms with E-state index in [1.54, 1.807) is 36.8 Å². The van der Waals surface area contributed by atoms with E-state index in [-0.39, 0.29) is 55.8 Å². The Kier molecular flexibility index (Phi) is 6.81. The Morgan fingerprint density at radius 3 is 2.50 bits per heavy atom. The number of sulfonamides is 1. The summed E-state index contributed by atoms with van der Waals surface area (Å²) in [6.45, 7) is 4.32. The Labute approximate surface area is 180 Å². The number of benzene rings is 1. The van der Waals surface area contributed by atoms with Crippen LogP contribution in [0.5, 0.6) is 0 Å². The summed E-state index contributed by atoms with van der Waals surface area (Å²) in [4.78, 5) is 16.0. The van der Waals surface area contributed by atoms with Gasteiger partial charge in [0.15, 0.2) is 5.76 Å². The lowest BCUT2D eigenvalue weighted by molar-refractivity contribution is -0.133. The number of hydrogen-bond donors (Lipinski definition) is 0. The third kappa shape index (κ3) is 4.66. The zero-order valence-electron chi connectivity index (χ0n) is 17.1. The maximum absolute atomic E-state index is 14.0. The van der Waals surface area contributed by atoms with Crippen molar-refractivity contribution in [3.63, 3.8) is 0 Å². The van der Waals surface area contributed by atoms with E-state index >= 15 is 0 Å². The lowest BCUT2D eigenvalue weighted by Crippen LogP contribution is -2.52. The van der Waals surface area contributed by atoms with Gasteiger partial charge in [0.2, 0.25) is 15.9 Å². The molecule has 1 aromatic carbocycles. The summed E-state index contributed by atoms with van der Waals surface area (Å²) < 4.78 is 46.0. The Balaban J connectivity index is 1.58. The molecule has 0 unspecified atom stereocenters. The number of piperazine rings is 1. The van der Waals surface area contributed by atoms with Crippen LogP contribution in [-0.4, -0.2) is 73.4 Å². The maximum Gasteiger partial charge on any atom is 0.248 e. The molecule has 0 saturated carbocycles. The fourth-order valence-corrected chi connectivity index (χ4v) is 5.43. The fourth-order valence-electron chi connectivity index (χ4n) is 3.49. The van der Waals surface area contributed by atoms with Crippen LogP contribution >= 0.6 is 11.6 Å². The first-order valence-corrected chi connectivity index (χ1v) is 11.2. The summed E-state index contributed by atoms with van der Waals surface area (Å²) in [6, 6.07) is 4.46. The second kappa shape index (κ2) is 9.01. The van der Waals surface area contributed by atoms with Crippen molar-refractivity contribution >= 4 is 27.5 Å². The predicted octanol–water partition coefficient (Wildman–Crippen LogP) is 2.05. The van der Waals surface area contributed by atoms with E-state index < -0.39 is 15.8 Å². The molecule has 1 amide bonds. The van der Waals surface area contributed by atoms with Crippen LogP contribution in [0.15, 0.2) is 27.6 Å². The summed E-state index contributed by atoms with van der Waals surface area (Å²) in [5, 5.41) is 4.03. The number of aromatic nitrogens is 1. The summed E-state index contributed by atoms with van der Waals surface area (Å²) in [5.74, 6) is -0.321. The molecule has 0 atom stereocenters. The van der Waals surface area contributed by atoms with Crippen molar-refractivity contribution in [2.75, 3.05) is 39.8 Å². The summed E-state index contributed by atoms with van der Waals surface area (Å²) in [7, 11) is -2.02. The lowest BCUT2D eigenvalue weighted by atomic mass is 10.2. The van der Waals surface area contributed by atoms with Gasteiger partial charge in [-0.1, -0.05) is 22.8 Å². The molecule has 0 radical (unpaired) electrons. The molecule has 1 aromatic heterocycles. The number of halogens is 2. The largest absolute Gasteiger partial charge is 0.360 e. The molecule has 1 saturated heterocycles. The minimum absolute atomic E-state index is 0.0707. The van der Waals surface area contributed by atoms with Crippen molar-refractivity contribution in [2.24, 2.45) is 0 Å². The molecule has 1 aliphatic heterocycles. The molecule has 3 rings (SSSR count). The maximum atomic E-state index is 14.0. The molecule has 0 spiro atoms. The predicted molar refractivity (Wildman–Crippen MR) is 109 cm³/mol. The van der Waals surface area contributed by atoms with Crippen LogP contribution in [0.25, 0.3) is 0 Å². The number of likely N-dealkylation sites (N-methyl/N-ethyl adjacent to an activating group) is 1. The van der Waals surface area contributed by atoms with Gasteiger partial charge in [-0.2, -0.15) is 4.31 Å². The first-order valence-electron chi connectivity index (χ1n) is 9.43. The molecule has 2 aromatic rings. The first-order chi connectivity index (χ1) is 14.1.